The summed E-state index contributed by atoms with van der Waals surface area (Å²) < 4.78 is 0. The van der Waals surface area contributed by atoms with Crippen LogP contribution < -0.4 is 5.32 Å². The number of hydrogen-bond donors (Lipinski definition) is 2. The number of carbonyl (C=O) groups excluding carboxylic acids is 1. The lowest BCUT2D eigenvalue weighted by Crippen LogP contribution is -2.21. The zero-order chi connectivity index (χ0) is 10.6. The van der Waals surface area contributed by atoms with Crippen molar-refractivity contribution in [2.75, 3.05) is 34.7 Å². The standard InChI is InChI=1S/C7H15NO2S4/c1-11-3-2-8-7(10)14-6-13-5-12-4-9/h9H,2-6H2,1H3,(H,8,10). The number of hydrogen-bond acceptors (Lipinski definition) is 6. The van der Waals surface area contributed by atoms with Crippen molar-refractivity contribution >= 4 is 52.3 Å². The second-order valence-electron chi connectivity index (χ2n) is 2.12. The number of aliphatic hydroxyl groups is 1. The van der Waals surface area contributed by atoms with E-state index in [0.29, 0.717) is 0 Å². The van der Waals surface area contributed by atoms with Gasteiger partial charge in [-0.15, -0.1) is 23.5 Å². The van der Waals surface area contributed by atoms with Gasteiger partial charge < -0.3 is 10.4 Å². The van der Waals surface area contributed by atoms with Crippen LogP contribution in [0.5, 0.6) is 0 Å². The summed E-state index contributed by atoms with van der Waals surface area (Å²) in [6.07, 6.45) is 2.02. The smallest absolute Gasteiger partial charge is 0.279 e. The molecule has 0 unspecified atom stereocenters. The van der Waals surface area contributed by atoms with Crippen molar-refractivity contribution in [2.45, 2.75) is 0 Å². The summed E-state index contributed by atoms with van der Waals surface area (Å²) in [6, 6.07) is 0. The highest BCUT2D eigenvalue weighted by atomic mass is 32.2. The fourth-order valence-corrected chi connectivity index (χ4v) is 3.46. The number of carbonyl (C=O) groups is 1. The van der Waals surface area contributed by atoms with Crippen LogP contribution in [0.1, 0.15) is 0 Å². The van der Waals surface area contributed by atoms with Crippen molar-refractivity contribution in [1.29, 1.82) is 0 Å². The van der Waals surface area contributed by atoms with E-state index >= 15 is 0 Å². The van der Waals surface area contributed by atoms with Crippen LogP contribution in [-0.2, 0) is 0 Å². The molecular weight excluding hydrogens is 258 g/mol. The Kier molecular flexibility index (Phi) is 12.6. The first-order valence-electron chi connectivity index (χ1n) is 3.97. The predicted octanol–water partition coefficient (Wildman–Crippen LogP) is 2.12. The Balaban J connectivity index is 3.10. The molecule has 3 nitrogen and oxygen atoms in total. The molecule has 0 saturated heterocycles. The summed E-state index contributed by atoms with van der Waals surface area (Å²) in [6.45, 7) is 0.739. The van der Waals surface area contributed by atoms with E-state index in [9.17, 15) is 4.79 Å². The van der Waals surface area contributed by atoms with Crippen LogP contribution in [-0.4, -0.2) is 45.0 Å². The Morgan fingerprint density at radius 3 is 2.79 bits per heavy atom. The molecule has 0 aliphatic carbocycles. The molecule has 1 amide bonds. The normalized spacial score (nSPS) is 10.1. The average Bonchev–Trinajstić information content (AvgIpc) is 2.18. The first-order valence-corrected chi connectivity index (χ1v) is 8.66. The maximum Gasteiger partial charge on any atom is 0.279 e. The van der Waals surface area contributed by atoms with Gasteiger partial charge in [0.05, 0.1) is 5.94 Å². The molecule has 0 atom stereocenters. The second kappa shape index (κ2) is 11.9. The van der Waals surface area contributed by atoms with Crippen LogP contribution >= 0.6 is 47.0 Å². The molecule has 0 aromatic heterocycles. The van der Waals surface area contributed by atoms with Gasteiger partial charge in [0, 0.05) is 22.5 Å². The minimum Gasteiger partial charge on any atom is -0.386 e. The molecule has 0 aliphatic rings. The van der Waals surface area contributed by atoms with Gasteiger partial charge in [-0.1, -0.05) is 11.8 Å². The van der Waals surface area contributed by atoms with Gasteiger partial charge in [-0.3, -0.25) is 4.79 Å². The molecule has 0 aromatic carbocycles. The predicted molar refractivity (Wildman–Crippen MR) is 71.4 cm³/mol. The molecule has 2 N–H and O–H groups in total. The van der Waals surface area contributed by atoms with E-state index in [4.69, 9.17) is 5.11 Å². The summed E-state index contributed by atoms with van der Waals surface area (Å²) in [5.41, 5.74) is 0. The number of aliphatic hydroxyl groups excluding tert-OH is 1. The quantitative estimate of drug-likeness (QED) is 0.522. The Morgan fingerprint density at radius 1 is 1.36 bits per heavy atom. The van der Waals surface area contributed by atoms with Gasteiger partial charge in [-0.2, -0.15) is 11.8 Å². The third kappa shape index (κ3) is 10.9. The Hall–Kier alpha value is 0.830. The molecule has 0 aliphatic heterocycles. The first kappa shape index (κ1) is 14.8. The zero-order valence-corrected chi connectivity index (χ0v) is 11.3. The molecule has 7 heteroatoms. The summed E-state index contributed by atoms with van der Waals surface area (Å²) in [5, 5.41) is 12.9. The lowest BCUT2D eigenvalue weighted by atomic mass is 10.8. The lowest BCUT2D eigenvalue weighted by molar-refractivity contribution is 0.261. The molecule has 0 spiro atoms. The Labute approximate surface area is 102 Å². The van der Waals surface area contributed by atoms with E-state index in [-0.39, 0.29) is 11.2 Å². The molecule has 0 bridgehead atoms. The van der Waals surface area contributed by atoms with Gasteiger partial charge in [0.25, 0.3) is 5.24 Å². The Morgan fingerprint density at radius 2 is 2.14 bits per heavy atom. The van der Waals surface area contributed by atoms with Gasteiger partial charge in [-0.25, -0.2) is 0 Å². The van der Waals surface area contributed by atoms with Crippen LogP contribution in [0, 0.1) is 0 Å². The van der Waals surface area contributed by atoms with Crippen LogP contribution in [0.3, 0.4) is 0 Å². The van der Waals surface area contributed by atoms with Crippen molar-refractivity contribution in [2.24, 2.45) is 0 Å². The molecular formula is C7H15NO2S4. The van der Waals surface area contributed by atoms with Crippen LogP contribution in [0.25, 0.3) is 0 Å². The van der Waals surface area contributed by atoms with Crippen molar-refractivity contribution in [3.8, 4) is 0 Å². The molecule has 0 saturated carbocycles. The monoisotopic (exact) mass is 273 g/mol. The fraction of sp³-hybridized carbons (Fsp3) is 0.857. The van der Waals surface area contributed by atoms with Crippen molar-refractivity contribution in [3.05, 3.63) is 0 Å². The molecule has 0 heterocycles. The summed E-state index contributed by atoms with van der Waals surface area (Å²) in [4.78, 5) is 11.1. The maximum atomic E-state index is 11.1. The van der Waals surface area contributed by atoms with Crippen LogP contribution in [0.2, 0.25) is 0 Å². The number of nitrogens with one attached hydrogen (secondary N) is 1. The average molecular weight is 273 g/mol. The summed E-state index contributed by atoms with van der Waals surface area (Å²) >= 11 is 6.10. The topological polar surface area (TPSA) is 49.3 Å². The molecule has 0 radical (unpaired) electrons. The minimum absolute atomic E-state index is 0.0422. The minimum atomic E-state index is 0.0422. The van der Waals surface area contributed by atoms with E-state index in [1.807, 2.05) is 6.26 Å². The van der Waals surface area contributed by atoms with Crippen LogP contribution in [0.4, 0.5) is 4.79 Å². The molecule has 84 valence electrons. The van der Waals surface area contributed by atoms with Crippen molar-refractivity contribution in [1.82, 2.24) is 5.32 Å². The molecule has 0 aromatic rings. The summed E-state index contributed by atoms with van der Waals surface area (Å²) in [5.74, 6) is 1.11. The maximum absolute atomic E-state index is 11.1. The highest BCUT2D eigenvalue weighted by Gasteiger charge is 2.00. The fourth-order valence-electron chi connectivity index (χ4n) is 0.532. The molecule has 0 fully saturated rings. The zero-order valence-electron chi connectivity index (χ0n) is 8.02. The van der Waals surface area contributed by atoms with Gasteiger partial charge in [0.1, 0.15) is 0 Å². The highest BCUT2D eigenvalue weighted by molar-refractivity contribution is 8.27. The van der Waals surface area contributed by atoms with E-state index in [1.54, 1.807) is 23.5 Å². The van der Waals surface area contributed by atoms with Crippen molar-refractivity contribution < 1.29 is 9.90 Å². The van der Waals surface area contributed by atoms with E-state index in [0.717, 1.165) is 22.5 Å². The number of thioether (sulfide) groups is 4. The SMILES string of the molecule is CSCCNC(=O)SCSCSCO. The first-order chi connectivity index (χ1) is 6.81. The van der Waals surface area contributed by atoms with Crippen molar-refractivity contribution in [3.63, 3.8) is 0 Å². The molecule has 0 rings (SSSR count). The largest absolute Gasteiger partial charge is 0.386 e. The van der Waals surface area contributed by atoms with Crippen LogP contribution in [0.15, 0.2) is 0 Å². The second-order valence-corrected chi connectivity index (χ2v) is 6.73. The molecule has 14 heavy (non-hydrogen) atoms. The number of rotatable bonds is 8. The Bertz CT molecular complexity index is 148. The highest BCUT2D eigenvalue weighted by Crippen LogP contribution is 2.17. The van der Waals surface area contributed by atoms with Gasteiger partial charge in [0.15, 0.2) is 0 Å². The van der Waals surface area contributed by atoms with E-state index < -0.39 is 0 Å². The van der Waals surface area contributed by atoms with Gasteiger partial charge in [-0.05, 0) is 6.26 Å². The number of amides is 1. The van der Waals surface area contributed by atoms with E-state index in [1.165, 1.54) is 23.5 Å². The third-order valence-corrected chi connectivity index (χ3v) is 4.78. The van der Waals surface area contributed by atoms with E-state index in [2.05, 4.69) is 5.32 Å². The lowest BCUT2D eigenvalue weighted by Gasteiger charge is -2.02. The third-order valence-electron chi connectivity index (χ3n) is 1.11. The summed E-state index contributed by atoms with van der Waals surface area (Å²) in [7, 11) is 0. The van der Waals surface area contributed by atoms with Gasteiger partial charge in [0.2, 0.25) is 0 Å². The van der Waals surface area contributed by atoms with Gasteiger partial charge >= 0.3 is 0 Å².